The van der Waals surface area contributed by atoms with E-state index in [9.17, 15) is 14.7 Å². The number of ether oxygens (including phenoxy) is 1. The van der Waals surface area contributed by atoms with Crippen molar-refractivity contribution in [2.75, 3.05) is 31.1 Å². The fraction of sp³-hybridized carbons (Fsp3) is 0.581. The molecule has 3 heterocycles. The van der Waals surface area contributed by atoms with Crippen molar-refractivity contribution >= 4 is 17.6 Å². The van der Waals surface area contributed by atoms with Gasteiger partial charge >= 0.3 is 5.97 Å². The van der Waals surface area contributed by atoms with Crippen molar-refractivity contribution in [1.29, 1.82) is 0 Å². The van der Waals surface area contributed by atoms with Crippen LogP contribution >= 0.6 is 0 Å². The molecule has 7 nitrogen and oxygen atoms in total. The third-order valence-corrected chi connectivity index (χ3v) is 8.21. The lowest BCUT2D eigenvalue weighted by Gasteiger charge is -2.31. The zero-order valence-corrected chi connectivity index (χ0v) is 23.4. The monoisotopic (exact) mass is 522 g/mol. The summed E-state index contributed by atoms with van der Waals surface area (Å²) in [4.78, 5) is 30.7. The summed E-state index contributed by atoms with van der Waals surface area (Å²) < 4.78 is 7.65. The molecule has 0 bridgehead atoms. The van der Waals surface area contributed by atoms with Crippen molar-refractivity contribution in [3.05, 3.63) is 53.9 Å². The molecule has 2 aliphatic rings. The number of carbonyl (C=O) groups excluding carboxylic acids is 1. The number of pyridine rings is 1. The molecule has 1 saturated heterocycles. The summed E-state index contributed by atoms with van der Waals surface area (Å²) in [6.45, 7) is 8.62. The van der Waals surface area contributed by atoms with Crippen LogP contribution in [0.3, 0.4) is 0 Å². The third-order valence-electron chi connectivity index (χ3n) is 8.21. The number of unbranched alkanes of at least 4 members (excludes halogenated alkanes) is 1. The Kier molecular flexibility index (Phi) is 9.42. The highest BCUT2D eigenvalue weighted by Crippen LogP contribution is 2.42. The fourth-order valence-electron chi connectivity index (χ4n) is 6.29. The number of aliphatic carboxylic acids is 1. The Morgan fingerprint density at radius 1 is 1.24 bits per heavy atom. The minimum Gasteiger partial charge on any atom is -0.493 e. The van der Waals surface area contributed by atoms with Gasteiger partial charge in [0, 0.05) is 37.5 Å². The number of carboxylic acids is 1. The van der Waals surface area contributed by atoms with Crippen LogP contribution in [0.2, 0.25) is 0 Å². The largest absolute Gasteiger partial charge is 0.493 e. The molecule has 4 rings (SSSR count). The Hall–Kier alpha value is -2.93. The molecule has 2 aliphatic heterocycles. The Bertz CT molecular complexity index is 1120. The number of likely N-dealkylation sites (tertiary alicyclic amines) is 1. The van der Waals surface area contributed by atoms with Gasteiger partial charge in [0.15, 0.2) is 12.4 Å². The van der Waals surface area contributed by atoms with E-state index in [-0.39, 0.29) is 24.4 Å². The van der Waals surface area contributed by atoms with Crippen LogP contribution in [-0.4, -0.2) is 54.2 Å². The summed E-state index contributed by atoms with van der Waals surface area (Å²) in [6.07, 6.45) is 9.59. The van der Waals surface area contributed by atoms with Crippen molar-refractivity contribution in [3.8, 4) is 5.75 Å². The molecule has 38 heavy (non-hydrogen) atoms. The molecule has 206 valence electrons. The van der Waals surface area contributed by atoms with Gasteiger partial charge in [-0.15, -0.1) is 0 Å². The maximum Gasteiger partial charge on any atom is 0.308 e. The minimum atomic E-state index is -0.770. The molecular formula is C31H44N3O4+. The molecule has 1 aromatic carbocycles. The van der Waals surface area contributed by atoms with E-state index in [2.05, 4.69) is 31.7 Å². The van der Waals surface area contributed by atoms with E-state index >= 15 is 0 Å². The van der Waals surface area contributed by atoms with E-state index in [4.69, 9.17) is 4.74 Å². The van der Waals surface area contributed by atoms with Crippen LogP contribution < -0.4 is 14.2 Å². The average Bonchev–Trinajstić information content (AvgIpc) is 3.49. The Morgan fingerprint density at radius 3 is 2.76 bits per heavy atom. The average molecular weight is 523 g/mol. The molecule has 1 N–H and O–H groups in total. The number of benzene rings is 1. The van der Waals surface area contributed by atoms with Gasteiger partial charge in [-0.2, -0.15) is 0 Å². The highest BCUT2D eigenvalue weighted by atomic mass is 16.5. The maximum atomic E-state index is 13.9. The summed E-state index contributed by atoms with van der Waals surface area (Å²) in [5.41, 5.74) is 3.08. The molecule has 0 aliphatic carbocycles. The molecule has 0 spiro atoms. The number of anilines is 1. The number of rotatable bonds is 12. The van der Waals surface area contributed by atoms with Crippen LogP contribution in [0, 0.1) is 11.8 Å². The highest BCUT2D eigenvalue weighted by Gasteiger charge is 2.47. The van der Waals surface area contributed by atoms with Crippen LogP contribution in [0.15, 0.2) is 42.7 Å². The van der Waals surface area contributed by atoms with Crippen molar-refractivity contribution in [2.24, 2.45) is 18.9 Å². The lowest BCUT2D eigenvalue weighted by molar-refractivity contribution is -0.670. The van der Waals surface area contributed by atoms with Crippen molar-refractivity contribution in [3.63, 3.8) is 0 Å². The van der Waals surface area contributed by atoms with Gasteiger partial charge in [0.2, 0.25) is 5.91 Å². The number of carbonyl (C=O) groups is 2. The van der Waals surface area contributed by atoms with Crippen molar-refractivity contribution in [2.45, 2.75) is 71.3 Å². The molecule has 0 saturated carbocycles. The first-order valence-electron chi connectivity index (χ1n) is 14.3. The molecular weight excluding hydrogens is 478 g/mol. The Labute approximate surface area is 227 Å². The van der Waals surface area contributed by atoms with Crippen molar-refractivity contribution < 1.29 is 24.0 Å². The molecule has 7 heteroatoms. The maximum absolute atomic E-state index is 13.9. The van der Waals surface area contributed by atoms with Gasteiger partial charge in [0.05, 0.1) is 19.1 Å². The van der Waals surface area contributed by atoms with Gasteiger partial charge < -0.3 is 14.7 Å². The SMILES string of the molecule is CCCCN(C(=O)CN1C[C@H](c2ccc3c(c2)CCO3)C(C(=O)O)[C@@H]1CC(C)CCC)c1ccc[n+](C)c1. The summed E-state index contributed by atoms with van der Waals surface area (Å²) in [5.74, 6) is -0.162. The smallest absolute Gasteiger partial charge is 0.308 e. The van der Waals surface area contributed by atoms with Crippen LogP contribution in [0.4, 0.5) is 5.69 Å². The normalized spacial score (nSPS) is 21.6. The van der Waals surface area contributed by atoms with E-state index in [1.165, 1.54) is 0 Å². The minimum absolute atomic E-state index is 0.0323. The van der Waals surface area contributed by atoms with Crippen LogP contribution in [-0.2, 0) is 23.1 Å². The first kappa shape index (κ1) is 28.1. The predicted molar refractivity (Wildman–Crippen MR) is 148 cm³/mol. The van der Waals surface area contributed by atoms with Crippen LogP contribution in [0.25, 0.3) is 0 Å². The molecule has 1 fully saturated rings. The van der Waals surface area contributed by atoms with Gasteiger partial charge in [-0.05, 0) is 42.0 Å². The number of amides is 1. The molecule has 2 aromatic rings. The van der Waals surface area contributed by atoms with Crippen molar-refractivity contribution in [1.82, 2.24) is 4.90 Å². The molecule has 1 amide bonds. The second-order valence-corrected chi connectivity index (χ2v) is 11.2. The lowest BCUT2D eigenvalue weighted by atomic mass is 9.81. The second kappa shape index (κ2) is 12.7. The van der Waals surface area contributed by atoms with E-state index in [1.807, 2.05) is 53.2 Å². The second-order valence-electron chi connectivity index (χ2n) is 11.2. The zero-order chi connectivity index (χ0) is 27.2. The van der Waals surface area contributed by atoms with E-state index in [0.29, 0.717) is 25.6 Å². The molecule has 2 unspecified atom stereocenters. The standard InChI is InChI=1S/C31H43N3O4/c1-5-7-15-34(25-10-8-14-32(4)19-25)29(35)21-33-20-26(23-11-12-28-24(18-23)13-16-38-28)30(31(36)37)27(33)17-22(3)9-6-2/h8,10-12,14,18-19,22,26-27,30H,5-7,9,13,15-17,20-21H2,1-4H3/p+1/t22?,26-,27+,30?/m1/s1. The van der Waals surface area contributed by atoms with E-state index < -0.39 is 11.9 Å². The number of hydrogen-bond donors (Lipinski definition) is 1. The number of aromatic nitrogens is 1. The Morgan fingerprint density at radius 2 is 2.05 bits per heavy atom. The molecule has 1 aromatic heterocycles. The van der Waals surface area contributed by atoms with Gasteiger partial charge in [0.25, 0.3) is 0 Å². The van der Waals surface area contributed by atoms with Gasteiger partial charge in [-0.25, -0.2) is 4.57 Å². The number of fused-ring (bicyclic) bond motifs is 1. The Balaban J connectivity index is 1.64. The quantitative estimate of drug-likeness (QED) is 0.413. The topological polar surface area (TPSA) is 74.0 Å². The number of aryl methyl sites for hydroxylation is 1. The summed E-state index contributed by atoms with van der Waals surface area (Å²) >= 11 is 0. The van der Waals surface area contributed by atoms with E-state index in [0.717, 1.165) is 61.1 Å². The number of nitrogens with zero attached hydrogens (tertiary/aromatic N) is 3. The zero-order valence-electron chi connectivity index (χ0n) is 23.4. The molecule has 0 radical (unpaired) electrons. The predicted octanol–water partition coefficient (Wildman–Crippen LogP) is 4.57. The summed E-state index contributed by atoms with van der Waals surface area (Å²) in [5, 5.41) is 10.5. The van der Waals surface area contributed by atoms with Crippen LogP contribution in [0.5, 0.6) is 5.75 Å². The number of carboxylic acid groups (broad SMARTS) is 1. The fourth-order valence-corrected chi connectivity index (χ4v) is 6.29. The number of hydrogen-bond acceptors (Lipinski definition) is 4. The summed E-state index contributed by atoms with van der Waals surface area (Å²) in [6, 6.07) is 9.90. The van der Waals surface area contributed by atoms with Gasteiger partial charge in [0.1, 0.15) is 18.5 Å². The lowest BCUT2D eigenvalue weighted by Crippen LogP contribution is -2.45. The summed E-state index contributed by atoms with van der Waals surface area (Å²) in [7, 11) is 1.96. The highest BCUT2D eigenvalue weighted by molar-refractivity contribution is 5.94. The first-order valence-corrected chi connectivity index (χ1v) is 14.3. The van der Waals surface area contributed by atoms with Gasteiger partial charge in [-0.1, -0.05) is 52.2 Å². The molecule has 4 atom stereocenters. The first-order chi connectivity index (χ1) is 18.3. The van der Waals surface area contributed by atoms with Crippen LogP contribution in [0.1, 0.15) is 69.9 Å². The third kappa shape index (κ3) is 6.37. The van der Waals surface area contributed by atoms with Gasteiger partial charge in [-0.3, -0.25) is 14.5 Å². The van der Waals surface area contributed by atoms with E-state index in [1.54, 1.807) is 0 Å².